The van der Waals surface area contributed by atoms with Crippen molar-refractivity contribution in [3.63, 3.8) is 0 Å². The summed E-state index contributed by atoms with van der Waals surface area (Å²) in [7, 11) is 0. The standard InChI is InChI=1S/C19H17ClN2O3S/c1-12-6-7-13(10-15(12)20)22-19(24)18(23)21-11-14(16-4-2-8-25-16)17-5-3-9-26-17/h2-10,14H,11H2,1H3,(H,21,23)(H,22,24)/t14-/m1/s1. The van der Waals surface area contributed by atoms with E-state index >= 15 is 0 Å². The number of hydrogen-bond donors (Lipinski definition) is 2. The van der Waals surface area contributed by atoms with Crippen LogP contribution < -0.4 is 10.6 Å². The summed E-state index contributed by atoms with van der Waals surface area (Å²) in [5.74, 6) is -0.863. The Balaban J connectivity index is 1.63. The number of carbonyl (C=O) groups excluding carboxylic acids is 2. The van der Waals surface area contributed by atoms with Crippen LogP contribution in [0.2, 0.25) is 5.02 Å². The zero-order valence-electron chi connectivity index (χ0n) is 14.0. The topological polar surface area (TPSA) is 71.3 Å². The van der Waals surface area contributed by atoms with Gasteiger partial charge in [0, 0.05) is 22.1 Å². The number of aryl methyl sites for hydroxylation is 1. The van der Waals surface area contributed by atoms with Gasteiger partial charge in [-0.05, 0) is 48.2 Å². The first-order chi connectivity index (χ1) is 12.5. The molecule has 2 aromatic heterocycles. The minimum Gasteiger partial charge on any atom is -0.469 e. The van der Waals surface area contributed by atoms with E-state index in [1.807, 2.05) is 30.5 Å². The van der Waals surface area contributed by atoms with Gasteiger partial charge < -0.3 is 15.1 Å². The summed E-state index contributed by atoms with van der Waals surface area (Å²) in [5.41, 5.74) is 1.37. The van der Waals surface area contributed by atoms with Crippen LogP contribution >= 0.6 is 22.9 Å². The Labute approximate surface area is 160 Å². The van der Waals surface area contributed by atoms with Gasteiger partial charge in [-0.25, -0.2) is 0 Å². The zero-order chi connectivity index (χ0) is 18.5. The molecule has 3 aromatic rings. The minimum atomic E-state index is -0.741. The lowest BCUT2D eigenvalue weighted by molar-refractivity contribution is -0.136. The van der Waals surface area contributed by atoms with Crippen molar-refractivity contribution < 1.29 is 14.0 Å². The normalized spacial score (nSPS) is 11.8. The van der Waals surface area contributed by atoms with Crippen LogP contribution in [0, 0.1) is 6.92 Å². The fourth-order valence-electron chi connectivity index (χ4n) is 2.45. The van der Waals surface area contributed by atoms with Crippen molar-refractivity contribution in [1.82, 2.24) is 5.32 Å². The van der Waals surface area contributed by atoms with E-state index < -0.39 is 11.8 Å². The number of nitrogens with one attached hydrogen (secondary N) is 2. The summed E-state index contributed by atoms with van der Waals surface area (Å²) >= 11 is 7.60. The molecule has 2 amide bonds. The Morgan fingerprint density at radius 2 is 2.04 bits per heavy atom. The molecule has 3 rings (SSSR count). The molecule has 26 heavy (non-hydrogen) atoms. The van der Waals surface area contributed by atoms with Gasteiger partial charge in [-0.2, -0.15) is 0 Å². The van der Waals surface area contributed by atoms with E-state index in [0.29, 0.717) is 10.7 Å². The number of benzene rings is 1. The monoisotopic (exact) mass is 388 g/mol. The van der Waals surface area contributed by atoms with Gasteiger partial charge in [0.2, 0.25) is 0 Å². The molecule has 1 aromatic carbocycles. The molecule has 5 nitrogen and oxygen atoms in total. The third kappa shape index (κ3) is 4.33. The highest BCUT2D eigenvalue weighted by atomic mass is 35.5. The van der Waals surface area contributed by atoms with Crippen LogP contribution in [0.4, 0.5) is 5.69 Å². The Morgan fingerprint density at radius 3 is 2.69 bits per heavy atom. The second-order valence-electron chi connectivity index (χ2n) is 5.71. The zero-order valence-corrected chi connectivity index (χ0v) is 15.6. The Kier molecular flexibility index (Phi) is 5.75. The second-order valence-corrected chi connectivity index (χ2v) is 7.10. The highest BCUT2D eigenvalue weighted by molar-refractivity contribution is 7.10. The van der Waals surface area contributed by atoms with E-state index in [-0.39, 0.29) is 12.5 Å². The number of amides is 2. The van der Waals surface area contributed by atoms with E-state index in [9.17, 15) is 9.59 Å². The highest BCUT2D eigenvalue weighted by Gasteiger charge is 2.21. The Bertz CT molecular complexity index is 857. The summed E-state index contributed by atoms with van der Waals surface area (Å²) in [6, 6.07) is 12.6. The van der Waals surface area contributed by atoms with Crippen molar-refractivity contribution in [1.29, 1.82) is 0 Å². The van der Waals surface area contributed by atoms with Crippen LogP contribution in [-0.2, 0) is 9.59 Å². The van der Waals surface area contributed by atoms with Crippen molar-refractivity contribution >= 4 is 40.4 Å². The Morgan fingerprint density at radius 1 is 1.19 bits per heavy atom. The molecular weight excluding hydrogens is 372 g/mol. The van der Waals surface area contributed by atoms with E-state index in [2.05, 4.69) is 10.6 Å². The lowest BCUT2D eigenvalue weighted by atomic mass is 10.0. The molecular formula is C19H17ClN2O3S. The molecule has 2 heterocycles. The fourth-order valence-corrected chi connectivity index (χ4v) is 3.47. The molecule has 0 radical (unpaired) electrons. The predicted molar refractivity (Wildman–Crippen MR) is 103 cm³/mol. The quantitative estimate of drug-likeness (QED) is 0.644. The van der Waals surface area contributed by atoms with Crippen molar-refractivity contribution in [3.8, 4) is 0 Å². The second kappa shape index (κ2) is 8.21. The number of hydrogen-bond acceptors (Lipinski definition) is 4. The smallest absolute Gasteiger partial charge is 0.313 e. The number of furan rings is 1. The fraction of sp³-hybridized carbons (Fsp3) is 0.158. The molecule has 0 spiro atoms. The highest BCUT2D eigenvalue weighted by Crippen LogP contribution is 2.28. The first kappa shape index (κ1) is 18.2. The van der Waals surface area contributed by atoms with Gasteiger partial charge in [-0.1, -0.05) is 23.7 Å². The predicted octanol–water partition coefficient (Wildman–Crippen LogP) is 4.19. The van der Waals surface area contributed by atoms with Gasteiger partial charge in [0.15, 0.2) is 0 Å². The summed E-state index contributed by atoms with van der Waals surface area (Å²) < 4.78 is 5.47. The molecule has 0 bridgehead atoms. The average molecular weight is 389 g/mol. The van der Waals surface area contributed by atoms with Crippen LogP contribution in [0.15, 0.2) is 58.5 Å². The maximum absolute atomic E-state index is 12.2. The van der Waals surface area contributed by atoms with Crippen molar-refractivity contribution in [3.05, 3.63) is 75.3 Å². The molecule has 7 heteroatoms. The van der Waals surface area contributed by atoms with E-state index in [0.717, 1.165) is 16.2 Å². The number of halogens is 1. The maximum atomic E-state index is 12.2. The van der Waals surface area contributed by atoms with E-state index in [4.69, 9.17) is 16.0 Å². The summed E-state index contributed by atoms with van der Waals surface area (Å²) in [4.78, 5) is 25.3. The summed E-state index contributed by atoms with van der Waals surface area (Å²) in [5, 5.41) is 7.70. The molecule has 0 saturated carbocycles. The van der Waals surface area contributed by atoms with E-state index in [1.54, 1.807) is 41.9 Å². The third-order valence-corrected chi connectivity index (χ3v) is 5.27. The SMILES string of the molecule is Cc1ccc(NC(=O)C(=O)NC[C@H](c2ccco2)c2cccs2)cc1Cl. The molecule has 0 aliphatic rings. The molecule has 0 aliphatic carbocycles. The van der Waals surface area contributed by atoms with Crippen LogP contribution in [0.5, 0.6) is 0 Å². The van der Waals surface area contributed by atoms with Gasteiger partial charge in [0.25, 0.3) is 0 Å². The van der Waals surface area contributed by atoms with Crippen LogP contribution in [-0.4, -0.2) is 18.4 Å². The molecule has 134 valence electrons. The molecule has 0 fully saturated rings. The lowest BCUT2D eigenvalue weighted by Crippen LogP contribution is -2.37. The van der Waals surface area contributed by atoms with Crippen LogP contribution in [0.25, 0.3) is 0 Å². The third-order valence-electron chi connectivity index (χ3n) is 3.88. The molecule has 2 N–H and O–H groups in total. The first-order valence-corrected chi connectivity index (χ1v) is 9.22. The van der Waals surface area contributed by atoms with Crippen LogP contribution in [0.1, 0.15) is 22.1 Å². The van der Waals surface area contributed by atoms with Crippen molar-refractivity contribution in [2.45, 2.75) is 12.8 Å². The lowest BCUT2D eigenvalue weighted by Gasteiger charge is -2.14. The molecule has 0 aliphatic heterocycles. The number of anilines is 1. The van der Waals surface area contributed by atoms with Gasteiger partial charge in [-0.3, -0.25) is 9.59 Å². The minimum absolute atomic E-state index is 0.143. The number of thiophene rings is 1. The van der Waals surface area contributed by atoms with Gasteiger partial charge >= 0.3 is 11.8 Å². The number of rotatable bonds is 5. The Hall–Kier alpha value is -2.57. The van der Waals surface area contributed by atoms with Gasteiger partial charge in [-0.15, -0.1) is 11.3 Å². The van der Waals surface area contributed by atoms with Gasteiger partial charge in [0.1, 0.15) is 5.76 Å². The van der Waals surface area contributed by atoms with Crippen LogP contribution in [0.3, 0.4) is 0 Å². The van der Waals surface area contributed by atoms with Gasteiger partial charge in [0.05, 0.1) is 12.2 Å². The average Bonchev–Trinajstić information content (AvgIpc) is 3.32. The summed E-state index contributed by atoms with van der Waals surface area (Å²) in [6.45, 7) is 2.12. The molecule has 1 atom stereocenters. The summed E-state index contributed by atoms with van der Waals surface area (Å²) in [6.07, 6.45) is 1.59. The first-order valence-electron chi connectivity index (χ1n) is 7.96. The largest absolute Gasteiger partial charge is 0.469 e. The molecule has 0 saturated heterocycles. The maximum Gasteiger partial charge on any atom is 0.313 e. The molecule has 0 unspecified atom stereocenters. The number of carbonyl (C=O) groups is 2. The van der Waals surface area contributed by atoms with E-state index in [1.165, 1.54) is 0 Å². The van der Waals surface area contributed by atoms with Crippen molar-refractivity contribution in [2.75, 3.05) is 11.9 Å². The van der Waals surface area contributed by atoms with Crippen molar-refractivity contribution in [2.24, 2.45) is 0 Å².